The van der Waals surface area contributed by atoms with Crippen LogP contribution in [0.4, 0.5) is 0 Å². The molecule has 1 aliphatic rings. The minimum atomic E-state index is 0.614. The molecule has 0 amide bonds. The Bertz CT molecular complexity index is 187. The number of allylic oxidation sites excluding steroid dienone is 1. The first-order chi connectivity index (χ1) is 6.74. The molecule has 0 aromatic rings. The highest BCUT2D eigenvalue weighted by atomic mass is 32.2. The zero-order chi connectivity index (χ0) is 10.4. The van der Waals surface area contributed by atoms with Gasteiger partial charge in [-0.15, -0.1) is 0 Å². The smallest absolute Gasteiger partial charge is 0.0368 e. The number of hydrogen-bond donors (Lipinski definition) is 1. The molecular weight excluding hydrogens is 190 g/mol. The topological polar surface area (TPSA) is 12.0 Å². The molecule has 0 aliphatic heterocycles. The molecule has 14 heavy (non-hydrogen) atoms. The second kappa shape index (κ2) is 6.52. The molecule has 0 aromatic carbocycles. The van der Waals surface area contributed by atoms with E-state index in [1.54, 1.807) is 5.57 Å². The van der Waals surface area contributed by atoms with Crippen LogP contribution in [0, 0.1) is 0 Å². The van der Waals surface area contributed by atoms with Crippen LogP contribution in [-0.2, 0) is 0 Å². The summed E-state index contributed by atoms with van der Waals surface area (Å²) in [6.45, 7) is 4.54. The molecule has 0 saturated heterocycles. The zero-order valence-electron chi connectivity index (χ0n) is 9.68. The average Bonchev–Trinajstić information content (AvgIpc) is 2.20. The standard InChI is InChI=1S/C12H23NS/c1-10(2)14-9-12(13-3)11-7-5-4-6-8-11/h7,10,12-13H,4-6,8-9H2,1-3H3. The van der Waals surface area contributed by atoms with Crippen molar-refractivity contribution in [3.8, 4) is 0 Å². The fraction of sp³-hybridized carbons (Fsp3) is 0.833. The fourth-order valence-electron chi connectivity index (χ4n) is 1.84. The van der Waals surface area contributed by atoms with Crippen LogP contribution in [0.1, 0.15) is 39.5 Å². The number of nitrogens with one attached hydrogen (secondary N) is 1. The van der Waals surface area contributed by atoms with Gasteiger partial charge in [0.25, 0.3) is 0 Å². The minimum Gasteiger partial charge on any atom is -0.313 e. The number of likely N-dealkylation sites (N-methyl/N-ethyl adjacent to an activating group) is 1. The van der Waals surface area contributed by atoms with Crippen molar-refractivity contribution in [1.29, 1.82) is 0 Å². The Labute approximate surface area is 92.7 Å². The molecule has 0 fully saturated rings. The molecule has 0 radical (unpaired) electrons. The Hall–Kier alpha value is 0.0500. The Kier molecular flexibility index (Phi) is 5.64. The molecule has 0 aromatic heterocycles. The third-order valence-electron chi connectivity index (χ3n) is 2.72. The summed E-state index contributed by atoms with van der Waals surface area (Å²) in [5, 5.41) is 4.18. The van der Waals surface area contributed by atoms with Gasteiger partial charge >= 0.3 is 0 Å². The number of hydrogen-bond acceptors (Lipinski definition) is 2. The van der Waals surface area contributed by atoms with Gasteiger partial charge in [-0.05, 0) is 38.0 Å². The largest absolute Gasteiger partial charge is 0.313 e. The lowest BCUT2D eigenvalue weighted by Gasteiger charge is -2.23. The van der Waals surface area contributed by atoms with Gasteiger partial charge in [0.05, 0.1) is 0 Å². The van der Waals surface area contributed by atoms with E-state index in [9.17, 15) is 0 Å². The van der Waals surface area contributed by atoms with E-state index in [-0.39, 0.29) is 0 Å². The summed E-state index contributed by atoms with van der Waals surface area (Å²) < 4.78 is 0. The lowest BCUT2D eigenvalue weighted by Crippen LogP contribution is -2.31. The second-order valence-corrected chi connectivity index (χ2v) is 5.86. The van der Waals surface area contributed by atoms with Crippen molar-refractivity contribution in [3.05, 3.63) is 11.6 Å². The maximum absolute atomic E-state index is 3.44. The van der Waals surface area contributed by atoms with E-state index >= 15 is 0 Å². The Balaban J connectivity index is 2.39. The normalized spacial score (nSPS) is 19.6. The van der Waals surface area contributed by atoms with E-state index in [2.05, 4.69) is 44.0 Å². The highest BCUT2D eigenvalue weighted by Crippen LogP contribution is 2.23. The Morgan fingerprint density at radius 2 is 2.21 bits per heavy atom. The van der Waals surface area contributed by atoms with Crippen molar-refractivity contribution in [2.45, 2.75) is 50.8 Å². The van der Waals surface area contributed by atoms with E-state index in [0.717, 1.165) is 5.25 Å². The minimum absolute atomic E-state index is 0.614. The van der Waals surface area contributed by atoms with Crippen LogP contribution in [0.2, 0.25) is 0 Å². The summed E-state index contributed by atoms with van der Waals surface area (Å²) in [5.41, 5.74) is 1.65. The first kappa shape index (κ1) is 12.1. The average molecular weight is 213 g/mol. The number of thioether (sulfide) groups is 1. The summed E-state index contributed by atoms with van der Waals surface area (Å²) >= 11 is 2.05. The summed E-state index contributed by atoms with van der Waals surface area (Å²) in [4.78, 5) is 0. The molecule has 1 N–H and O–H groups in total. The van der Waals surface area contributed by atoms with Gasteiger partial charge in [-0.1, -0.05) is 25.5 Å². The molecular formula is C12H23NS. The lowest BCUT2D eigenvalue weighted by molar-refractivity contribution is 0.607. The van der Waals surface area contributed by atoms with Gasteiger partial charge < -0.3 is 5.32 Å². The van der Waals surface area contributed by atoms with Crippen LogP contribution < -0.4 is 5.32 Å². The monoisotopic (exact) mass is 213 g/mol. The molecule has 0 heterocycles. The van der Waals surface area contributed by atoms with Gasteiger partial charge in [-0.2, -0.15) is 11.8 Å². The van der Waals surface area contributed by atoms with Crippen LogP contribution in [-0.4, -0.2) is 24.1 Å². The predicted molar refractivity (Wildman–Crippen MR) is 67.0 cm³/mol. The van der Waals surface area contributed by atoms with Gasteiger partial charge in [0, 0.05) is 11.8 Å². The van der Waals surface area contributed by atoms with Crippen LogP contribution >= 0.6 is 11.8 Å². The van der Waals surface area contributed by atoms with Gasteiger partial charge in [-0.3, -0.25) is 0 Å². The van der Waals surface area contributed by atoms with Crippen molar-refractivity contribution >= 4 is 11.8 Å². The Morgan fingerprint density at radius 3 is 2.71 bits per heavy atom. The molecule has 2 heteroatoms. The number of rotatable bonds is 5. The molecule has 1 aliphatic carbocycles. The molecule has 0 saturated carbocycles. The summed E-state index contributed by atoms with van der Waals surface area (Å²) in [6.07, 6.45) is 7.82. The summed E-state index contributed by atoms with van der Waals surface area (Å²) in [6, 6.07) is 0.614. The third-order valence-corrected chi connectivity index (χ3v) is 3.91. The summed E-state index contributed by atoms with van der Waals surface area (Å²) in [7, 11) is 2.08. The van der Waals surface area contributed by atoms with Crippen molar-refractivity contribution in [3.63, 3.8) is 0 Å². The van der Waals surface area contributed by atoms with E-state index in [1.165, 1.54) is 31.4 Å². The van der Waals surface area contributed by atoms with Crippen LogP contribution in [0.5, 0.6) is 0 Å². The van der Waals surface area contributed by atoms with E-state index < -0.39 is 0 Å². The van der Waals surface area contributed by atoms with E-state index in [4.69, 9.17) is 0 Å². The van der Waals surface area contributed by atoms with Crippen molar-refractivity contribution in [2.75, 3.05) is 12.8 Å². The maximum Gasteiger partial charge on any atom is 0.0368 e. The first-order valence-corrected chi connectivity index (χ1v) is 6.76. The molecule has 1 atom stereocenters. The van der Waals surface area contributed by atoms with Crippen LogP contribution in [0.3, 0.4) is 0 Å². The highest BCUT2D eigenvalue weighted by molar-refractivity contribution is 7.99. The van der Waals surface area contributed by atoms with Gasteiger partial charge in [0.1, 0.15) is 0 Å². The van der Waals surface area contributed by atoms with Gasteiger partial charge in [0.2, 0.25) is 0 Å². The molecule has 82 valence electrons. The maximum atomic E-state index is 3.44. The lowest BCUT2D eigenvalue weighted by atomic mass is 9.95. The SMILES string of the molecule is CNC(CSC(C)C)C1=CCCCC1. The molecule has 1 unspecified atom stereocenters. The molecule has 0 spiro atoms. The first-order valence-electron chi connectivity index (χ1n) is 5.72. The van der Waals surface area contributed by atoms with Gasteiger partial charge in [-0.25, -0.2) is 0 Å². The van der Waals surface area contributed by atoms with Crippen molar-refractivity contribution in [2.24, 2.45) is 0 Å². The molecule has 1 nitrogen and oxygen atoms in total. The fourth-order valence-corrected chi connectivity index (χ4v) is 2.80. The van der Waals surface area contributed by atoms with Gasteiger partial charge in [0.15, 0.2) is 0 Å². The second-order valence-electron chi connectivity index (χ2n) is 4.25. The zero-order valence-corrected chi connectivity index (χ0v) is 10.5. The molecule has 1 rings (SSSR count). The third kappa shape index (κ3) is 4.05. The predicted octanol–water partition coefficient (Wildman–Crippen LogP) is 3.22. The molecule has 0 bridgehead atoms. The van der Waals surface area contributed by atoms with Crippen molar-refractivity contribution < 1.29 is 0 Å². The summed E-state index contributed by atoms with van der Waals surface area (Å²) in [5.74, 6) is 1.22. The van der Waals surface area contributed by atoms with Crippen molar-refractivity contribution in [1.82, 2.24) is 5.32 Å². The van der Waals surface area contributed by atoms with Crippen LogP contribution in [0.15, 0.2) is 11.6 Å². The van der Waals surface area contributed by atoms with E-state index in [1.807, 2.05) is 0 Å². The van der Waals surface area contributed by atoms with Crippen LogP contribution in [0.25, 0.3) is 0 Å². The highest BCUT2D eigenvalue weighted by Gasteiger charge is 2.14. The quantitative estimate of drug-likeness (QED) is 0.704. The van der Waals surface area contributed by atoms with E-state index in [0.29, 0.717) is 6.04 Å². The Morgan fingerprint density at radius 1 is 1.43 bits per heavy atom.